The fourth-order valence-corrected chi connectivity index (χ4v) is 0.277. The molecule has 0 aliphatic rings. The van der Waals surface area contributed by atoms with E-state index in [-0.39, 0.29) is 0 Å². The molecule has 0 aromatic heterocycles. The number of hydrogen-bond donors (Lipinski definition) is 0. The zero-order valence-corrected chi connectivity index (χ0v) is 4.23. The normalized spacial score (nSPS) is 9.86. The van der Waals surface area contributed by atoms with E-state index in [9.17, 15) is 4.39 Å². The van der Waals surface area contributed by atoms with Crippen molar-refractivity contribution in [1.29, 1.82) is 0 Å². The van der Waals surface area contributed by atoms with Crippen LogP contribution in [-0.2, 0) is 0 Å². The van der Waals surface area contributed by atoms with E-state index in [0.29, 0.717) is 6.33 Å². The molecule has 0 fully saturated rings. The smallest absolute Gasteiger partial charge is 0.0827 e. The molecule has 0 atom stereocenters. The van der Waals surface area contributed by atoms with E-state index < -0.39 is 0 Å². The molecule has 0 rings (SSSR count). The molecule has 0 spiro atoms. The first kappa shape index (κ1) is 6.41. The molecule has 0 heterocycles. The Morgan fingerprint density at radius 2 is 2.14 bits per heavy atom. The van der Waals surface area contributed by atoms with Crippen LogP contribution in [0.15, 0.2) is 25.1 Å². The molecule has 0 nitrogen and oxygen atoms in total. The maximum absolute atomic E-state index is 11.1. The van der Waals surface area contributed by atoms with Crippen LogP contribution in [0, 0.1) is 0 Å². The molecule has 0 saturated heterocycles. The molecule has 0 aliphatic heterocycles. The predicted molar refractivity (Wildman–Crippen MR) is 29.7 cm³/mol. The number of unbranched alkanes of at least 4 members (excludes halogenated alkanes) is 1. The third-order valence-electron chi connectivity index (χ3n) is 0.627. The molecule has 0 amide bonds. The first-order valence-corrected chi connectivity index (χ1v) is 2.28. The molecule has 0 aliphatic carbocycles. The van der Waals surface area contributed by atoms with E-state index in [0.717, 1.165) is 12.8 Å². The third kappa shape index (κ3) is 5.41. The molecule has 0 radical (unpaired) electrons. The SMILES string of the molecule is C=CCC/C=C/F. The largest absolute Gasteiger partial charge is 0.216 e. The van der Waals surface area contributed by atoms with Gasteiger partial charge in [-0.05, 0) is 12.8 Å². The standard InChI is InChI=1S/C6H9F/c1-2-3-4-5-6-7/h2,5-6H,1,3-4H2/b6-5+. The van der Waals surface area contributed by atoms with Crippen molar-refractivity contribution in [3.05, 3.63) is 25.1 Å². The van der Waals surface area contributed by atoms with Gasteiger partial charge in [-0.25, -0.2) is 4.39 Å². The van der Waals surface area contributed by atoms with E-state index >= 15 is 0 Å². The Balaban J connectivity index is 2.82. The van der Waals surface area contributed by atoms with Crippen molar-refractivity contribution >= 4 is 0 Å². The predicted octanol–water partition coefficient (Wildman–Crippen LogP) is 2.44. The summed E-state index contributed by atoms with van der Waals surface area (Å²) in [6.45, 7) is 3.48. The molecular weight excluding hydrogens is 91.1 g/mol. The van der Waals surface area contributed by atoms with Gasteiger partial charge in [-0.2, -0.15) is 0 Å². The monoisotopic (exact) mass is 100 g/mol. The summed E-state index contributed by atoms with van der Waals surface area (Å²) in [7, 11) is 0. The summed E-state index contributed by atoms with van der Waals surface area (Å²) in [6.07, 6.45) is 5.42. The Kier molecular flexibility index (Phi) is 4.95. The van der Waals surface area contributed by atoms with Gasteiger partial charge in [0.15, 0.2) is 0 Å². The molecule has 0 unspecified atom stereocenters. The van der Waals surface area contributed by atoms with Gasteiger partial charge in [-0.1, -0.05) is 12.2 Å². The topological polar surface area (TPSA) is 0 Å². The summed E-state index contributed by atoms with van der Waals surface area (Å²) in [5, 5.41) is 0. The van der Waals surface area contributed by atoms with Crippen molar-refractivity contribution in [3.8, 4) is 0 Å². The van der Waals surface area contributed by atoms with Gasteiger partial charge in [-0.3, -0.25) is 0 Å². The van der Waals surface area contributed by atoms with Crippen LogP contribution in [-0.4, -0.2) is 0 Å². The second-order valence-corrected chi connectivity index (χ2v) is 1.23. The number of allylic oxidation sites excluding steroid dienone is 2. The van der Waals surface area contributed by atoms with Crippen LogP contribution in [0.2, 0.25) is 0 Å². The lowest BCUT2D eigenvalue weighted by Crippen LogP contribution is -1.58. The fourth-order valence-electron chi connectivity index (χ4n) is 0.277. The summed E-state index contributed by atoms with van der Waals surface area (Å²) >= 11 is 0. The van der Waals surface area contributed by atoms with Gasteiger partial charge in [0, 0.05) is 0 Å². The highest BCUT2D eigenvalue weighted by atomic mass is 19.1. The average molecular weight is 100 g/mol. The summed E-state index contributed by atoms with van der Waals surface area (Å²) in [5.41, 5.74) is 0. The fraction of sp³-hybridized carbons (Fsp3) is 0.333. The second-order valence-electron chi connectivity index (χ2n) is 1.23. The summed E-state index contributed by atoms with van der Waals surface area (Å²) in [4.78, 5) is 0. The minimum Gasteiger partial charge on any atom is -0.216 e. The quantitative estimate of drug-likeness (QED) is 0.377. The van der Waals surface area contributed by atoms with Gasteiger partial charge in [-0.15, -0.1) is 6.58 Å². The minimum absolute atomic E-state index is 0.559. The number of halogens is 1. The van der Waals surface area contributed by atoms with E-state index in [4.69, 9.17) is 0 Å². The summed E-state index contributed by atoms with van der Waals surface area (Å²) in [6, 6.07) is 0. The molecule has 1 heteroatoms. The molecule has 0 bridgehead atoms. The summed E-state index contributed by atoms with van der Waals surface area (Å²) < 4.78 is 11.1. The van der Waals surface area contributed by atoms with Crippen LogP contribution in [0.5, 0.6) is 0 Å². The molecule has 0 aromatic carbocycles. The van der Waals surface area contributed by atoms with Crippen molar-refractivity contribution in [3.63, 3.8) is 0 Å². The van der Waals surface area contributed by atoms with Gasteiger partial charge in [0.2, 0.25) is 0 Å². The lowest BCUT2D eigenvalue weighted by molar-refractivity contribution is 0.713. The van der Waals surface area contributed by atoms with E-state index in [2.05, 4.69) is 6.58 Å². The molecule has 0 N–H and O–H groups in total. The molecule has 0 saturated carbocycles. The van der Waals surface area contributed by atoms with Crippen LogP contribution in [0.1, 0.15) is 12.8 Å². The van der Waals surface area contributed by atoms with Gasteiger partial charge in [0.1, 0.15) is 0 Å². The lowest BCUT2D eigenvalue weighted by Gasteiger charge is -1.77. The Labute approximate surface area is 43.4 Å². The highest BCUT2D eigenvalue weighted by Crippen LogP contribution is 1.89. The molecule has 0 aromatic rings. The van der Waals surface area contributed by atoms with Crippen LogP contribution in [0.3, 0.4) is 0 Å². The highest BCUT2D eigenvalue weighted by molar-refractivity contribution is 4.77. The molecular formula is C6H9F. The van der Waals surface area contributed by atoms with Gasteiger partial charge >= 0.3 is 0 Å². The summed E-state index contributed by atoms with van der Waals surface area (Å²) in [5.74, 6) is 0. The average Bonchev–Trinajstić information content (AvgIpc) is 1.69. The van der Waals surface area contributed by atoms with E-state index in [1.54, 1.807) is 6.08 Å². The van der Waals surface area contributed by atoms with Crippen molar-refractivity contribution < 1.29 is 4.39 Å². The van der Waals surface area contributed by atoms with Crippen molar-refractivity contribution in [2.24, 2.45) is 0 Å². The maximum atomic E-state index is 11.1. The lowest BCUT2D eigenvalue weighted by atomic mass is 10.3. The van der Waals surface area contributed by atoms with E-state index in [1.807, 2.05) is 0 Å². The Bertz CT molecular complexity index is 64.6. The second kappa shape index (κ2) is 5.41. The Morgan fingerprint density at radius 3 is 2.57 bits per heavy atom. The zero-order valence-electron chi connectivity index (χ0n) is 4.23. The highest BCUT2D eigenvalue weighted by Gasteiger charge is 1.69. The minimum atomic E-state index is 0.559. The Hall–Kier alpha value is -0.590. The number of rotatable bonds is 3. The van der Waals surface area contributed by atoms with Gasteiger partial charge in [0.05, 0.1) is 6.33 Å². The zero-order chi connectivity index (χ0) is 5.54. The van der Waals surface area contributed by atoms with Crippen molar-refractivity contribution in [2.45, 2.75) is 12.8 Å². The third-order valence-corrected chi connectivity index (χ3v) is 0.627. The van der Waals surface area contributed by atoms with Gasteiger partial charge < -0.3 is 0 Å². The molecule has 7 heavy (non-hydrogen) atoms. The van der Waals surface area contributed by atoms with Gasteiger partial charge in [0.25, 0.3) is 0 Å². The number of hydrogen-bond acceptors (Lipinski definition) is 0. The van der Waals surface area contributed by atoms with Crippen molar-refractivity contribution in [2.75, 3.05) is 0 Å². The first-order chi connectivity index (χ1) is 3.41. The van der Waals surface area contributed by atoms with Crippen molar-refractivity contribution in [1.82, 2.24) is 0 Å². The molecule has 40 valence electrons. The first-order valence-electron chi connectivity index (χ1n) is 2.28. The van der Waals surface area contributed by atoms with Crippen LogP contribution in [0.4, 0.5) is 4.39 Å². The van der Waals surface area contributed by atoms with Crippen LogP contribution >= 0.6 is 0 Å². The van der Waals surface area contributed by atoms with Crippen LogP contribution < -0.4 is 0 Å². The van der Waals surface area contributed by atoms with Crippen LogP contribution in [0.25, 0.3) is 0 Å². The maximum Gasteiger partial charge on any atom is 0.0827 e. The Morgan fingerprint density at radius 1 is 1.43 bits per heavy atom. The van der Waals surface area contributed by atoms with E-state index in [1.165, 1.54) is 6.08 Å².